The molecule has 1 heterocycles. The van der Waals surface area contributed by atoms with Crippen LogP contribution in [0.1, 0.15) is 33.6 Å². The van der Waals surface area contributed by atoms with Gasteiger partial charge in [0.1, 0.15) is 0 Å². The van der Waals surface area contributed by atoms with Crippen LogP contribution in [-0.2, 0) is 19.1 Å². The molecule has 3 amide bonds. The quantitative estimate of drug-likeness (QED) is 0.550. The van der Waals surface area contributed by atoms with E-state index in [1.54, 1.807) is 12.0 Å². The van der Waals surface area contributed by atoms with E-state index in [0.717, 1.165) is 6.42 Å². The zero-order valence-electron chi connectivity index (χ0n) is 16.6. The van der Waals surface area contributed by atoms with Crippen LogP contribution in [0.2, 0.25) is 0 Å². The fourth-order valence-electron chi connectivity index (χ4n) is 2.56. The molecule has 150 valence electrons. The third-order valence-corrected chi connectivity index (χ3v) is 4.25. The summed E-state index contributed by atoms with van der Waals surface area (Å²) in [5.74, 6) is 0.000259. The molecule has 0 bridgehead atoms. The molecule has 0 atom stereocenters. The highest BCUT2D eigenvalue weighted by Crippen LogP contribution is 2.12. The number of carbonyl (C=O) groups is 3. The van der Waals surface area contributed by atoms with Crippen molar-refractivity contribution in [1.82, 2.24) is 20.4 Å². The minimum Gasteiger partial charge on any atom is -0.385 e. The van der Waals surface area contributed by atoms with Gasteiger partial charge in [0.25, 0.3) is 0 Å². The van der Waals surface area contributed by atoms with Gasteiger partial charge in [-0.05, 0) is 6.42 Å². The second-order valence-corrected chi connectivity index (χ2v) is 7.61. The van der Waals surface area contributed by atoms with Crippen LogP contribution in [0.15, 0.2) is 0 Å². The van der Waals surface area contributed by atoms with Crippen LogP contribution in [0, 0.1) is 5.41 Å². The van der Waals surface area contributed by atoms with Gasteiger partial charge in [0.2, 0.25) is 17.7 Å². The van der Waals surface area contributed by atoms with Gasteiger partial charge in [-0.1, -0.05) is 20.8 Å². The normalized spacial score (nSPS) is 15.6. The zero-order chi connectivity index (χ0) is 19.6. The monoisotopic (exact) mass is 370 g/mol. The molecule has 0 aromatic heterocycles. The molecular formula is C18H34N4O4. The molecule has 0 unspecified atom stereocenters. The molecule has 1 saturated heterocycles. The number of nitrogens with one attached hydrogen (secondary N) is 2. The molecule has 0 aliphatic carbocycles. The highest BCUT2D eigenvalue weighted by Gasteiger charge is 2.23. The van der Waals surface area contributed by atoms with E-state index in [-0.39, 0.29) is 17.7 Å². The molecule has 0 aromatic carbocycles. The minimum absolute atomic E-state index is 0.00534. The first-order valence-electron chi connectivity index (χ1n) is 9.28. The van der Waals surface area contributed by atoms with Crippen LogP contribution in [0.25, 0.3) is 0 Å². The Morgan fingerprint density at radius 1 is 1.00 bits per heavy atom. The van der Waals surface area contributed by atoms with Crippen LogP contribution >= 0.6 is 0 Å². The van der Waals surface area contributed by atoms with E-state index in [9.17, 15) is 14.4 Å². The Hall–Kier alpha value is -1.67. The lowest BCUT2D eigenvalue weighted by Gasteiger charge is -2.34. The highest BCUT2D eigenvalue weighted by atomic mass is 16.5. The Kier molecular flexibility index (Phi) is 9.58. The van der Waals surface area contributed by atoms with E-state index in [4.69, 9.17) is 4.74 Å². The summed E-state index contributed by atoms with van der Waals surface area (Å²) in [4.78, 5) is 39.7. The summed E-state index contributed by atoms with van der Waals surface area (Å²) in [6, 6.07) is 0. The van der Waals surface area contributed by atoms with Gasteiger partial charge >= 0.3 is 0 Å². The molecule has 8 heteroatoms. The Morgan fingerprint density at radius 3 is 2.23 bits per heavy atom. The number of rotatable bonds is 9. The summed E-state index contributed by atoms with van der Waals surface area (Å²) in [5, 5.41) is 5.67. The van der Waals surface area contributed by atoms with Crippen molar-refractivity contribution < 1.29 is 19.1 Å². The third-order valence-electron chi connectivity index (χ3n) is 4.25. The topological polar surface area (TPSA) is 91.0 Å². The second-order valence-electron chi connectivity index (χ2n) is 7.61. The molecule has 0 radical (unpaired) electrons. The van der Waals surface area contributed by atoms with Crippen LogP contribution < -0.4 is 10.6 Å². The largest absolute Gasteiger partial charge is 0.385 e. The fourth-order valence-corrected chi connectivity index (χ4v) is 2.56. The highest BCUT2D eigenvalue weighted by molar-refractivity contribution is 5.82. The van der Waals surface area contributed by atoms with Gasteiger partial charge in [0.05, 0.1) is 6.54 Å². The Labute approximate surface area is 156 Å². The van der Waals surface area contributed by atoms with Gasteiger partial charge < -0.3 is 20.3 Å². The minimum atomic E-state index is -0.446. The SMILES string of the molecule is COCCCNC(=O)CN1CCN(C(=O)CCNC(=O)C(C)(C)C)CC1. The van der Waals surface area contributed by atoms with E-state index >= 15 is 0 Å². The maximum Gasteiger partial charge on any atom is 0.234 e. The number of carbonyl (C=O) groups excluding carboxylic acids is 3. The van der Waals surface area contributed by atoms with Crippen molar-refractivity contribution in [2.24, 2.45) is 5.41 Å². The van der Waals surface area contributed by atoms with E-state index in [0.29, 0.717) is 58.8 Å². The first kappa shape index (κ1) is 22.4. The lowest BCUT2D eigenvalue weighted by atomic mass is 9.96. The van der Waals surface area contributed by atoms with E-state index in [1.807, 2.05) is 20.8 Å². The van der Waals surface area contributed by atoms with Crippen LogP contribution in [-0.4, -0.2) is 87.1 Å². The molecule has 0 saturated carbocycles. The smallest absolute Gasteiger partial charge is 0.234 e. The summed E-state index contributed by atoms with van der Waals surface area (Å²) in [6.45, 7) is 10.1. The van der Waals surface area contributed by atoms with Crippen molar-refractivity contribution in [1.29, 1.82) is 0 Å². The Morgan fingerprint density at radius 2 is 1.65 bits per heavy atom. The molecule has 1 rings (SSSR count). The number of hydrogen-bond acceptors (Lipinski definition) is 5. The summed E-state index contributed by atoms with van der Waals surface area (Å²) in [7, 11) is 1.64. The molecule has 1 fully saturated rings. The molecule has 0 spiro atoms. The first-order valence-corrected chi connectivity index (χ1v) is 9.28. The van der Waals surface area contributed by atoms with E-state index in [2.05, 4.69) is 15.5 Å². The number of methoxy groups -OCH3 is 1. The fraction of sp³-hybridized carbons (Fsp3) is 0.833. The zero-order valence-corrected chi connectivity index (χ0v) is 16.6. The van der Waals surface area contributed by atoms with Gasteiger partial charge in [-0.25, -0.2) is 0 Å². The van der Waals surface area contributed by atoms with Crippen molar-refractivity contribution >= 4 is 17.7 Å². The number of amides is 3. The van der Waals surface area contributed by atoms with Crippen LogP contribution in [0.4, 0.5) is 0 Å². The standard InChI is InChI=1S/C18H34N4O4/c1-18(2,3)17(25)20-8-6-16(24)22-11-9-21(10-12-22)14-15(23)19-7-5-13-26-4/h5-14H2,1-4H3,(H,19,23)(H,20,25). The van der Waals surface area contributed by atoms with Gasteiger partial charge in [0, 0.05) is 64.8 Å². The lowest BCUT2D eigenvalue weighted by molar-refractivity contribution is -0.133. The third kappa shape index (κ3) is 8.62. The molecule has 2 N–H and O–H groups in total. The molecule has 26 heavy (non-hydrogen) atoms. The average Bonchev–Trinajstić information content (AvgIpc) is 2.58. The Balaban J connectivity index is 2.19. The second kappa shape index (κ2) is 11.1. The first-order chi connectivity index (χ1) is 12.2. The average molecular weight is 370 g/mol. The summed E-state index contributed by atoms with van der Waals surface area (Å²) in [5.41, 5.74) is -0.446. The van der Waals surface area contributed by atoms with Gasteiger partial charge in [-0.2, -0.15) is 0 Å². The molecule has 0 aromatic rings. The van der Waals surface area contributed by atoms with Crippen molar-refractivity contribution in [3.63, 3.8) is 0 Å². The summed E-state index contributed by atoms with van der Waals surface area (Å²) >= 11 is 0. The molecule has 1 aliphatic rings. The maximum absolute atomic E-state index is 12.2. The van der Waals surface area contributed by atoms with Crippen LogP contribution in [0.5, 0.6) is 0 Å². The maximum atomic E-state index is 12.2. The molecule has 1 aliphatic heterocycles. The van der Waals surface area contributed by atoms with Gasteiger partial charge in [0.15, 0.2) is 0 Å². The summed E-state index contributed by atoms with van der Waals surface area (Å²) in [6.07, 6.45) is 1.11. The number of nitrogens with zero attached hydrogens (tertiary/aromatic N) is 2. The predicted molar refractivity (Wildman–Crippen MR) is 99.6 cm³/mol. The predicted octanol–water partition coefficient (Wildman–Crippen LogP) is -0.164. The number of ether oxygens (including phenoxy) is 1. The van der Waals surface area contributed by atoms with Gasteiger partial charge in [-0.3, -0.25) is 19.3 Å². The summed E-state index contributed by atoms with van der Waals surface area (Å²) < 4.78 is 4.94. The van der Waals surface area contributed by atoms with Crippen molar-refractivity contribution in [2.75, 3.05) is 59.5 Å². The molecule has 8 nitrogen and oxygen atoms in total. The van der Waals surface area contributed by atoms with E-state index in [1.165, 1.54) is 0 Å². The van der Waals surface area contributed by atoms with Gasteiger partial charge in [-0.15, -0.1) is 0 Å². The van der Waals surface area contributed by atoms with Crippen molar-refractivity contribution in [3.8, 4) is 0 Å². The number of hydrogen-bond donors (Lipinski definition) is 2. The Bertz CT molecular complexity index is 468. The van der Waals surface area contributed by atoms with Crippen molar-refractivity contribution in [3.05, 3.63) is 0 Å². The lowest BCUT2D eigenvalue weighted by Crippen LogP contribution is -2.51. The van der Waals surface area contributed by atoms with Crippen LogP contribution in [0.3, 0.4) is 0 Å². The molecular weight excluding hydrogens is 336 g/mol. The van der Waals surface area contributed by atoms with Crippen molar-refractivity contribution in [2.45, 2.75) is 33.6 Å². The van der Waals surface area contributed by atoms with E-state index < -0.39 is 5.41 Å². The number of piperazine rings is 1.